The van der Waals surface area contributed by atoms with Crippen molar-refractivity contribution >= 4 is 67.8 Å². The summed E-state index contributed by atoms with van der Waals surface area (Å²) in [5.41, 5.74) is 0.731. The van der Waals surface area contributed by atoms with E-state index in [-0.39, 0.29) is 11.3 Å². The third kappa shape index (κ3) is 4.70. The van der Waals surface area contributed by atoms with E-state index in [1.54, 1.807) is 30.3 Å². The van der Waals surface area contributed by atoms with Crippen molar-refractivity contribution in [3.05, 3.63) is 60.6 Å². The van der Waals surface area contributed by atoms with Crippen LogP contribution in [0.2, 0.25) is 5.02 Å². The van der Waals surface area contributed by atoms with Gasteiger partial charge < -0.3 is 10.4 Å². The summed E-state index contributed by atoms with van der Waals surface area (Å²) in [7, 11) is 0. The normalized spacial score (nSPS) is 11.0. The Morgan fingerprint density at radius 2 is 2.00 bits per heavy atom. The summed E-state index contributed by atoms with van der Waals surface area (Å²) in [6, 6.07) is 11.9. The van der Waals surface area contributed by atoms with E-state index in [0.29, 0.717) is 19.8 Å². The lowest BCUT2D eigenvalue weighted by molar-refractivity contribution is -0.112. The monoisotopic (exact) mass is 502 g/mol. The third-order valence-corrected chi connectivity index (χ3v) is 4.39. The van der Waals surface area contributed by atoms with Crippen molar-refractivity contribution in [1.29, 1.82) is 5.26 Å². The molecule has 0 atom stereocenters. The van der Waals surface area contributed by atoms with Gasteiger partial charge in [0.1, 0.15) is 17.4 Å². The van der Waals surface area contributed by atoms with E-state index >= 15 is 0 Å². The summed E-state index contributed by atoms with van der Waals surface area (Å²) in [5.74, 6) is -0.594. The molecule has 2 aromatic carbocycles. The number of anilines is 1. The van der Waals surface area contributed by atoms with Gasteiger partial charge >= 0.3 is 0 Å². The highest BCUT2D eigenvalue weighted by Crippen LogP contribution is 2.30. The molecule has 0 heterocycles. The van der Waals surface area contributed by atoms with Crippen LogP contribution in [0, 0.1) is 14.9 Å². The summed E-state index contributed by atoms with van der Waals surface area (Å²) >= 11 is 11.2. The van der Waals surface area contributed by atoms with Crippen LogP contribution < -0.4 is 5.32 Å². The molecule has 0 bridgehead atoms. The topological polar surface area (TPSA) is 73.1 Å². The smallest absolute Gasteiger partial charge is 0.266 e. The van der Waals surface area contributed by atoms with E-state index in [1.165, 1.54) is 12.1 Å². The van der Waals surface area contributed by atoms with Gasteiger partial charge in [-0.15, -0.1) is 0 Å². The van der Waals surface area contributed by atoms with Crippen molar-refractivity contribution in [2.45, 2.75) is 0 Å². The Labute approximate surface area is 160 Å². The standard InChI is InChI=1S/C16H9BrClIN2O2/c17-11-1-3-13(4-2-11)21-16(23)10(8-20)5-9-6-12(18)7-14(19)15(9)22/h1-7,22H,(H,21,23)/b10-5-. The summed E-state index contributed by atoms with van der Waals surface area (Å²) in [6.07, 6.45) is 1.30. The van der Waals surface area contributed by atoms with Gasteiger partial charge in [0.05, 0.1) is 3.57 Å². The summed E-state index contributed by atoms with van der Waals surface area (Å²) in [6.45, 7) is 0. The van der Waals surface area contributed by atoms with Crippen LogP contribution >= 0.6 is 50.1 Å². The molecule has 23 heavy (non-hydrogen) atoms. The minimum atomic E-state index is -0.566. The Morgan fingerprint density at radius 1 is 1.35 bits per heavy atom. The highest BCUT2D eigenvalue weighted by atomic mass is 127. The van der Waals surface area contributed by atoms with Crippen molar-refractivity contribution in [3.8, 4) is 11.8 Å². The van der Waals surface area contributed by atoms with E-state index in [4.69, 9.17) is 11.6 Å². The molecule has 7 heteroatoms. The predicted octanol–water partition coefficient (Wildman–Crippen LogP) is 4.96. The van der Waals surface area contributed by atoms with Gasteiger partial charge in [0.15, 0.2) is 0 Å². The van der Waals surface area contributed by atoms with Gasteiger partial charge in [0, 0.05) is 20.7 Å². The first-order valence-electron chi connectivity index (χ1n) is 6.27. The van der Waals surface area contributed by atoms with Crippen molar-refractivity contribution in [1.82, 2.24) is 0 Å². The number of carbonyl (C=O) groups excluding carboxylic acids is 1. The average molecular weight is 504 g/mol. The minimum Gasteiger partial charge on any atom is -0.506 e. The van der Waals surface area contributed by atoms with E-state index in [1.807, 2.05) is 28.7 Å². The molecule has 0 aliphatic rings. The maximum absolute atomic E-state index is 12.2. The molecule has 0 aliphatic carbocycles. The SMILES string of the molecule is N#C/C(=C/c1cc(Cl)cc(I)c1O)C(=O)Nc1ccc(Br)cc1. The molecule has 0 fully saturated rings. The number of halogens is 3. The Hall–Kier alpha value is -1.56. The number of hydrogen-bond acceptors (Lipinski definition) is 3. The first-order chi connectivity index (χ1) is 10.9. The highest BCUT2D eigenvalue weighted by Gasteiger charge is 2.12. The van der Waals surface area contributed by atoms with Gasteiger partial charge in [0.2, 0.25) is 0 Å². The molecule has 1 amide bonds. The van der Waals surface area contributed by atoms with Crippen LogP contribution in [0.25, 0.3) is 6.08 Å². The van der Waals surface area contributed by atoms with Crippen molar-refractivity contribution in [2.24, 2.45) is 0 Å². The largest absolute Gasteiger partial charge is 0.506 e. The fraction of sp³-hybridized carbons (Fsp3) is 0. The second-order valence-electron chi connectivity index (χ2n) is 4.46. The molecule has 0 aliphatic heterocycles. The number of hydrogen-bond donors (Lipinski definition) is 2. The Balaban J connectivity index is 2.30. The molecule has 0 saturated heterocycles. The molecule has 0 aromatic heterocycles. The Morgan fingerprint density at radius 3 is 2.61 bits per heavy atom. The molecule has 2 N–H and O–H groups in total. The zero-order valence-corrected chi connectivity index (χ0v) is 16.0. The van der Waals surface area contributed by atoms with Crippen LogP contribution in [0.3, 0.4) is 0 Å². The molecule has 0 saturated carbocycles. The van der Waals surface area contributed by atoms with Gasteiger partial charge in [-0.05, 0) is 65.1 Å². The van der Waals surface area contributed by atoms with Crippen molar-refractivity contribution in [3.63, 3.8) is 0 Å². The fourth-order valence-electron chi connectivity index (χ4n) is 1.73. The number of aromatic hydroxyl groups is 1. The molecule has 2 rings (SSSR count). The average Bonchev–Trinajstić information content (AvgIpc) is 2.51. The number of nitriles is 1. The van der Waals surface area contributed by atoms with Gasteiger partial charge in [-0.1, -0.05) is 27.5 Å². The van der Waals surface area contributed by atoms with E-state index < -0.39 is 5.91 Å². The number of amides is 1. The van der Waals surface area contributed by atoms with Crippen LogP contribution in [0.4, 0.5) is 5.69 Å². The fourth-order valence-corrected chi connectivity index (χ4v) is 3.05. The second-order valence-corrected chi connectivity index (χ2v) is 6.97. The van der Waals surface area contributed by atoms with E-state index in [0.717, 1.165) is 4.47 Å². The summed E-state index contributed by atoms with van der Waals surface area (Å²) < 4.78 is 1.41. The number of rotatable bonds is 3. The van der Waals surface area contributed by atoms with Gasteiger partial charge in [-0.2, -0.15) is 5.26 Å². The number of phenols is 1. The third-order valence-electron chi connectivity index (χ3n) is 2.82. The number of nitrogens with one attached hydrogen (secondary N) is 1. The number of nitrogens with zero attached hydrogens (tertiary/aromatic N) is 1. The Kier molecular flexibility index (Phi) is 6.04. The van der Waals surface area contributed by atoms with Crippen LogP contribution in [-0.4, -0.2) is 11.0 Å². The van der Waals surface area contributed by atoms with Crippen LogP contribution in [0.15, 0.2) is 46.4 Å². The number of benzene rings is 2. The molecule has 0 spiro atoms. The predicted molar refractivity (Wildman–Crippen MR) is 102 cm³/mol. The Bertz CT molecular complexity index is 829. The molecule has 2 aromatic rings. The first kappa shape index (κ1) is 17.8. The lowest BCUT2D eigenvalue weighted by Crippen LogP contribution is -2.13. The maximum Gasteiger partial charge on any atom is 0.266 e. The van der Waals surface area contributed by atoms with Gasteiger partial charge in [-0.3, -0.25) is 4.79 Å². The molecule has 0 unspecified atom stereocenters. The van der Waals surface area contributed by atoms with Crippen molar-refractivity contribution in [2.75, 3.05) is 5.32 Å². The maximum atomic E-state index is 12.2. The minimum absolute atomic E-state index is 0.0285. The molecular weight excluding hydrogens is 494 g/mol. The lowest BCUT2D eigenvalue weighted by Gasteiger charge is -2.06. The van der Waals surface area contributed by atoms with Crippen LogP contribution in [0.1, 0.15) is 5.56 Å². The van der Waals surface area contributed by atoms with Crippen LogP contribution in [0.5, 0.6) is 5.75 Å². The lowest BCUT2D eigenvalue weighted by atomic mass is 10.1. The van der Waals surface area contributed by atoms with E-state index in [9.17, 15) is 15.2 Å². The summed E-state index contributed by atoms with van der Waals surface area (Å²) in [4.78, 5) is 12.2. The zero-order valence-electron chi connectivity index (χ0n) is 11.5. The first-order valence-corrected chi connectivity index (χ1v) is 8.52. The van der Waals surface area contributed by atoms with E-state index in [2.05, 4.69) is 21.2 Å². The highest BCUT2D eigenvalue weighted by molar-refractivity contribution is 14.1. The molecule has 116 valence electrons. The molecule has 0 radical (unpaired) electrons. The number of carbonyl (C=O) groups is 1. The van der Waals surface area contributed by atoms with Crippen LogP contribution in [-0.2, 0) is 4.79 Å². The van der Waals surface area contributed by atoms with Gasteiger partial charge in [0.25, 0.3) is 5.91 Å². The van der Waals surface area contributed by atoms with Gasteiger partial charge in [-0.25, -0.2) is 0 Å². The number of phenolic OH excluding ortho intramolecular Hbond substituents is 1. The molecule has 4 nitrogen and oxygen atoms in total. The summed E-state index contributed by atoms with van der Waals surface area (Å²) in [5, 5.41) is 22.2. The zero-order chi connectivity index (χ0) is 17.0. The molecular formula is C16H9BrClIN2O2. The second kappa shape index (κ2) is 7.81. The van der Waals surface area contributed by atoms with Crippen molar-refractivity contribution < 1.29 is 9.90 Å². The quantitative estimate of drug-likeness (QED) is 0.353.